The van der Waals surface area contributed by atoms with E-state index in [2.05, 4.69) is 21.9 Å². The SMILES string of the molecule is C=CC(=O)Nc1cnc2ccnc(OC3CCC(C(F)(F)F)CC3)c2c1. The second kappa shape index (κ2) is 7.31. The molecule has 0 aliphatic heterocycles. The number of alkyl halides is 3. The third-order valence-electron chi connectivity index (χ3n) is 4.44. The van der Waals surface area contributed by atoms with Crippen molar-refractivity contribution in [2.75, 3.05) is 5.32 Å². The molecule has 1 aliphatic carbocycles. The number of amides is 1. The van der Waals surface area contributed by atoms with Crippen molar-refractivity contribution >= 4 is 22.5 Å². The minimum atomic E-state index is -4.15. The Hall–Kier alpha value is -2.64. The van der Waals surface area contributed by atoms with Gasteiger partial charge in [0, 0.05) is 6.20 Å². The lowest BCUT2D eigenvalue weighted by atomic mass is 9.87. The smallest absolute Gasteiger partial charge is 0.391 e. The van der Waals surface area contributed by atoms with Crippen LogP contribution in [0.5, 0.6) is 5.88 Å². The van der Waals surface area contributed by atoms with Crippen LogP contribution in [0.3, 0.4) is 0 Å². The third-order valence-corrected chi connectivity index (χ3v) is 4.44. The molecule has 1 saturated carbocycles. The Morgan fingerprint density at radius 2 is 2.00 bits per heavy atom. The molecule has 0 aromatic carbocycles. The summed E-state index contributed by atoms with van der Waals surface area (Å²) in [5, 5.41) is 3.20. The molecule has 0 saturated heterocycles. The molecule has 8 heteroatoms. The second-order valence-electron chi connectivity index (χ2n) is 6.23. The molecule has 5 nitrogen and oxygen atoms in total. The molecule has 1 amide bonds. The van der Waals surface area contributed by atoms with Crippen molar-refractivity contribution in [1.82, 2.24) is 9.97 Å². The standard InChI is InChI=1S/C18H18F3N3O2/c1-2-16(25)24-12-9-14-15(23-10-12)7-8-22-17(14)26-13-5-3-11(4-6-13)18(19,20)21/h2,7-11,13H,1,3-6H2,(H,24,25). The van der Waals surface area contributed by atoms with Crippen LogP contribution in [0.15, 0.2) is 37.2 Å². The summed E-state index contributed by atoms with van der Waals surface area (Å²) in [7, 11) is 0. The monoisotopic (exact) mass is 365 g/mol. The predicted molar refractivity (Wildman–Crippen MR) is 90.8 cm³/mol. The van der Waals surface area contributed by atoms with Crippen LogP contribution in [-0.4, -0.2) is 28.2 Å². The molecule has 0 atom stereocenters. The summed E-state index contributed by atoms with van der Waals surface area (Å²) in [5.74, 6) is -1.33. The first-order valence-electron chi connectivity index (χ1n) is 8.28. The maximum atomic E-state index is 12.8. The normalized spacial score (nSPS) is 20.6. The molecule has 1 aliphatic rings. The minimum absolute atomic E-state index is 0.0534. The summed E-state index contributed by atoms with van der Waals surface area (Å²) < 4.78 is 44.2. The van der Waals surface area contributed by atoms with E-state index in [1.165, 1.54) is 12.4 Å². The fraction of sp³-hybridized carbons (Fsp3) is 0.389. The zero-order valence-corrected chi connectivity index (χ0v) is 13.9. The van der Waals surface area contributed by atoms with Gasteiger partial charge >= 0.3 is 6.18 Å². The third kappa shape index (κ3) is 4.12. The molecule has 138 valence electrons. The quantitative estimate of drug-likeness (QED) is 0.823. The Bertz CT molecular complexity index is 815. The molecule has 1 fully saturated rings. The average Bonchev–Trinajstić information content (AvgIpc) is 2.62. The number of ether oxygens (including phenoxy) is 1. The highest BCUT2D eigenvalue weighted by atomic mass is 19.4. The topological polar surface area (TPSA) is 64.1 Å². The van der Waals surface area contributed by atoms with Gasteiger partial charge in [-0.3, -0.25) is 9.78 Å². The van der Waals surface area contributed by atoms with Gasteiger partial charge in [-0.05, 0) is 43.9 Å². The van der Waals surface area contributed by atoms with Crippen LogP contribution in [0.25, 0.3) is 10.9 Å². The summed E-state index contributed by atoms with van der Waals surface area (Å²) in [4.78, 5) is 19.9. The van der Waals surface area contributed by atoms with Gasteiger partial charge in [0.25, 0.3) is 0 Å². The van der Waals surface area contributed by atoms with E-state index in [9.17, 15) is 18.0 Å². The highest BCUT2D eigenvalue weighted by Crippen LogP contribution is 2.38. The Kier molecular flexibility index (Phi) is 5.11. The van der Waals surface area contributed by atoms with E-state index in [-0.39, 0.29) is 24.9 Å². The molecule has 0 unspecified atom stereocenters. The maximum Gasteiger partial charge on any atom is 0.391 e. The van der Waals surface area contributed by atoms with Crippen LogP contribution in [0.2, 0.25) is 0 Å². The van der Waals surface area contributed by atoms with Gasteiger partial charge in [-0.1, -0.05) is 6.58 Å². The van der Waals surface area contributed by atoms with Gasteiger partial charge in [0.2, 0.25) is 11.8 Å². The molecular formula is C18H18F3N3O2. The van der Waals surface area contributed by atoms with Crippen LogP contribution in [0, 0.1) is 5.92 Å². The number of carbonyl (C=O) groups excluding carboxylic acids is 1. The molecule has 2 aromatic rings. The lowest BCUT2D eigenvalue weighted by Crippen LogP contribution is -2.32. The zero-order valence-electron chi connectivity index (χ0n) is 13.9. The van der Waals surface area contributed by atoms with Crippen LogP contribution < -0.4 is 10.1 Å². The van der Waals surface area contributed by atoms with Crippen molar-refractivity contribution in [3.63, 3.8) is 0 Å². The molecule has 2 aromatic heterocycles. The highest BCUT2D eigenvalue weighted by Gasteiger charge is 2.41. The van der Waals surface area contributed by atoms with Crippen molar-refractivity contribution < 1.29 is 22.7 Å². The van der Waals surface area contributed by atoms with Gasteiger partial charge in [-0.25, -0.2) is 4.98 Å². The first-order chi connectivity index (χ1) is 12.4. The predicted octanol–water partition coefficient (Wildman–Crippen LogP) is 4.25. The number of nitrogens with one attached hydrogen (secondary N) is 1. The molecule has 0 spiro atoms. The van der Waals surface area contributed by atoms with Crippen molar-refractivity contribution in [2.45, 2.75) is 38.0 Å². The summed E-state index contributed by atoms with van der Waals surface area (Å²) in [6.45, 7) is 3.39. The van der Waals surface area contributed by atoms with Gasteiger partial charge in [-0.2, -0.15) is 13.2 Å². The number of carbonyl (C=O) groups is 1. The van der Waals surface area contributed by atoms with Crippen LogP contribution in [0.4, 0.5) is 18.9 Å². The fourth-order valence-electron chi connectivity index (χ4n) is 3.05. The fourth-order valence-corrected chi connectivity index (χ4v) is 3.05. The highest BCUT2D eigenvalue weighted by molar-refractivity contribution is 6.00. The summed E-state index contributed by atoms with van der Waals surface area (Å²) in [6.07, 6.45) is 0.462. The molecule has 2 heterocycles. The number of nitrogens with zero attached hydrogens (tertiary/aromatic N) is 2. The lowest BCUT2D eigenvalue weighted by Gasteiger charge is -2.30. The van der Waals surface area contributed by atoms with Crippen molar-refractivity contribution in [3.8, 4) is 5.88 Å². The molecule has 0 bridgehead atoms. The van der Waals surface area contributed by atoms with Gasteiger partial charge in [0.05, 0.1) is 28.7 Å². The van der Waals surface area contributed by atoms with E-state index in [1.807, 2.05) is 0 Å². The average molecular weight is 365 g/mol. The molecule has 1 N–H and O–H groups in total. The number of aromatic nitrogens is 2. The van der Waals surface area contributed by atoms with E-state index in [0.717, 1.165) is 6.08 Å². The van der Waals surface area contributed by atoms with Crippen molar-refractivity contribution in [1.29, 1.82) is 0 Å². The van der Waals surface area contributed by atoms with Crippen molar-refractivity contribution in [2.24, 2.45) is 5.92 Å². The first kappa shape index (κ1) is 18.2. The Balaban J connectivity index is 1.76. The van der Waals surface area contributed by atoms with E-state index in [0.29, 0.717) is 35.3 Å². The number of hydrogen-bond donors (Lipinski definition) is 1. The number of hydrogen-bond acceptors (Lipinski definition) is 4. The lowest BCUT2D eigenvalue weighted by molar-refractivity contribution is -0.185. The molecular weight excluding hydrogens is 347 g/mol. The van der Waals surface area contributed by atoms with Gasteiger partial charge in [-0.15, -0.1) is 0 Å². The second-order valence-corrected chi connectivity index (χ2v) is 6.23. The van der Waals surface area contributed by atoms with Crippen molar-refractivity contribution in [3.05, 3.63) is 37.2 Å². The van der Waals surface area contributed by atoms with Crippen LogP contribution >= 0.6 is 0 Å². The number of fused-ring (bicyclic) bond motifs is 1. The van der Waals surface area contributed by atoms with Crippen LogP contribution in [-0.2, 0) is 4.79 Å². The number of rotatable bonds is 4. The first-order valence-corrected chi connectivity index (χ1v) is 8.28. The Labute approximate surface area is 148 Å². The van der Waals surface area contributed by atoms with E-state index in [4.69, 9.17) is 4.74 Å². The molecule has 26 heavy (non-hydrogen) atoms. The van der Waals surface area contributed by atoms with E-state index >= 15 is 0 Å². The minimum Gasteiger partial charge on any atom is -0.474 e. The Morgan fingerprint density at radius 3 is 2.65 bits per heavy atom. The largest absolute Gasteiger partial charge is 0.474 e. The van der Waals surface area contributed by atoms with E-state index in [1.54, 1.807) is 12.1 Å². The van der Waals surface area contributed by atoms with E-state index < -0.39 is 12.1 Å². The molecule has 3 rings (SSSR count). The molecule has 0 radical (unpaired) electrons. The number of pyridine rings is 2. The maximum absolute atomic E-state index is 12.8. The van der Waals surface area contributed by atoms with Crippen LogP contribution in [0.1, 0.15) is 25.7 Å². The summed E-state index contributed by atoms with van der Waals surface area (Å²) in [6, 6.07) is 3.37. The van der Waals surface area contributed by atoms with Gasteiger partial charge in [0.1, 0.15) is 6.10 Å². The summed E-state index contributed by atoms with van der Waals surface area (Å²) >= 11 is 0. The van der Waals surface area contributed by atoms with Gasteiger partial charge in [0.15, 0.2) is 0 Å². The van der Waals surface area contributed by atoms with Gasteiger partial charge < -0.3 is 10.1 Å². The zero-order chi connectivity index (χ0) is 18.7. The Morgan fingerprint density at radius 1 is 1.27 bits per heavy atom. The number of halogens is 3. The number of anilines is 1. The summed E-state index contributed by atoms with van der Waals surface area (Å²) in [5.41, 5.74) is 1.08.